The van der Waals surface area contributed by atoms with Crippen LogP contribution in [0.4, 0.5) is 0 Å². The number of carbonyl (C=O) groups excluding carboxylic acids is 1. The summed E-state index contributed by atoms with van der Waals surface area (Å²) in [5.74, 6) is -0.0145. The second kappa shape index (κ2) is 4.29. The van der Waals surface area contributed by atoms with E-state index in [0.717, 1.165) is 15.6 Å². The Labute approximate surface area is 103 Å². The van der Waals surface area contributed by atoms with Gasteiger partial charge in [-0.1, -0.05) is 22.0 Å². The lowest BCUT2D eigenvalue weighted by Gasteiger charge is -2.21. The van der Waals surface area contributed by atoms with Crippen LogP contribution in [0.1, 0.15) is 11.1 Å². The first-order valence-electron chi connectivity index (χ1n) is 5.03. The maximum Gasteiger partial charge on any atom is 0.253 e. The van der Waals surface area contributed by atoms with Gasteiger partial charge >= 0.3 is 0 Å². The number of fused-ring (bicyclic) bond motifs is 1. The minimum absolute atomic E-state index is 0.0145. The van der Waals surface area contributed by atoms with Crippen LogP contribution in [0.5, 0.6) is 0 Å². The zero-order valence-corrected chi connectivity index (χ0v) is 10.8. The molecule has 0 aliphatic carbocycles. The normalized spacial score (nSPS) is 16.9. The van der Waals surface area contributed by atoms with E-state index in [9.17, 15) is 4.79 Å². The molecule has 2 rings (SSSR count). The Balaban J connectivity index is 2.55. The van der Waals surface area contributed by atoms with Crippen molar-refractivity contribution in [3.63, 3.8) is 0 Å². The Bertz CT molecular complexity index is 466. The number of nitrogens with one attached hydrogen (secondary N) is 1. The molecule has 16 heavy (non-hydrogen) atoms. The summed E-state index contributed by atoms with van der Waals surface area (Å²) in [5, 5.41) is 2.86. The van der Waals surface area contributed by atoms with Crippen molar-refractivity contribution in [2.24, 2.45) is 0 Å². The zero-order valence-electron chi connectivity index (χ0n) is 9.25. The molecule has 1 N–H and O–H groups in total. The highest BCUT2D eigenvalue weighted by Gasteiger charge is 2.21. The van der Waals surface area contributed by atoms with E-state index in [1.807, 2.05) is 43.4 Å². The van der Waals surface area contributed by atoms with Crippen molar-refractivity contribution in [1.29, 1.82) is 0 Å². The Kier molecular flexibility index (Phi) is 3.01. The van der Waals surface area contributed by atoms with E-state index in [4.69, 9.17) is 0 Å². The smallest absolute Gasteiger partial charge is 0.253 e. The second-order valence-electron chi connectivity index (χ2n) is 3.99. The van der Waals surface area contributed by atoms with Crippen LogP contribution >= 0.6 is 15.9 Å². The van der Waals surface area contributed by atoms with E-state index in [1.165, 1.54) is 0 Å². The zero-order chi connectivity index (χ0) is 11.7. The molecule has 4 heteroatoms. The molecule has 0 fully saturated rings. The quantitative estimate of drug-likeness (QED) is 0.798. The van der Waals surface area contributed by atoms with Gasteiger partial charge in [0, 0.05) is 31.3 Å². The van der Waals surface area contributed by atoms with E-state index in [0.29, 0.717) is 12.1 Å². The standard InChI is InChI=1S/C12H13BrN2O/c1-15(2)7-11-10-5-9(13)4-3-8(10)6-14-12(11)16/h3-5,7H,6H2,1-2H3,(H,14,16)/b11-7+. The summed E-state index contributed by atoms with van der Waals surface area (Å²) in [7, 11) is 3.82. The molecule has 0 radical (unpaired) electrons. The summed E-state index contributed by atoms with van der Waals surface area (Å²) in [4.78, 5) is 13.7. The number of halogens is 1. The SMILES string of the molecule is CN(C)/C=C1/C(=O)NCc2ccc(Br)cc21. The minimum atomic E-state index is -0.0145. The number of hydrogen-bond acceptors (Lipinski definition) is 2. The third-order valence-corrected chi connectivity index (χ3v) is 2.93. The lowest BCUT2D eigenvalue weighted by molar-refractivity contribution is -0.116. The molecule has 1 amide bonds. The summed E-state index contributed by atoms with van der Waals surface area (Å²) in [5.41, 5.74) is 2.87. The maximum atomic E-state index is 11.8. The van der Waals surface area contributed by atoms with Gasteiger partial charge < -0.3 is 10.2 Å². The molecule has 1 aliphatic rings. The van der Waals surface area contributed by atoms with E-state index in [-0.39, 0.29) is 5.91 Å². The van der Waals surface area contributed by atoms with Crippen molar-refractivity contribution in [2.75, 3.05) is 14.1 Å². The monoisotopic (exact) mass is 280 g/mol. The topological polar surface area (TPSA) is 32.3 Å². The van der Waals surface area contributed by atoms with Gasteiger partial charge in [-0.25, -0.2) is 0 Å². The van der Waals surface area contributed by atoms with Gasteiger partial charge in [0.15, 0.2) is 0 Å². The van der Waals surface area contributed by atoms with Gasteiger partial charge in [-0.05, 0) is 23.3 Å². The second-order valence-corrected chi connectivity index (χ2v) is 4.91. The molecule has 0 saturated carbocycles. The van der Waals surface area contributed by atoms with Crippen molar-refractivity contribution in [2.45, 2.75) is 6.54 Å². The summed E-state index contributed by atoms with van der Waals surface area (Å²) >= 11 is 3.43. The van der Waals surface area contributed by atoms with Crippen LogP contribution < -0.4 is 5.32 Å². The molecule has 0 aromatic heterocycles. The molecule has 0 spiro atoms. The molecule has 0 unspecified atom stereocenters. The van der Waals surface area contributed by atoms with Crippen molar-refractivity contribution in [3.05, 3.63) is 40.0 Å². The third-order valence-electron chi connectivity index (χ3n) is 2.43. The van der Waals surface area contributed by atoms with E-state index in [2.05, 4.69) is 21.2 Å². The van der Waals surface area contributed by atoms with Gasteiger partial charge in [-0.2, -0.15) is 0 Å². The molecule has 3 nitrogen and oxygen atoms in total. The predicted octanol–water partition coefficient (Wildman–Crippen LogP) is 1.98. The van der Waals surface area contributed by atoms with Crippen LogP contribution in [0.15, 0.2) is 28.9 Å². The number of nitrogens with zero attached hydrogens (tertiary/aromatic N) is 1. The van der Waals surface area contributed by atoms with Crippen molar-refractivity contribution in [1.82, 2.24) is 10.2 Å². The first kappa shape index (κ1) is 11.2. The fourth-order valence-electron chi connectivity index (χ4n) is 1.73. The first-order chi connectivity index (χ1) is 7.58. The molecular weight excluding hydrogens is 268 g/mol. The van der Waals surface area contributed by atoms with Gasteiger partial charge in [0.05, 0.1) is 5.57 Å². The lowest BCUT2D eigenvalue weighted by Crippen LogP contribution is -2.30. The van der Waals surface area contributed by atoms with Crippen molar-refractivity contribution < 1.29 is 4.79 Å². The molecule has 0 bridgehead atoms. The van der Waals surface area contributed by atoms with E-state index in [1.54, 1.807) is 0 Å². The highest BCUT2D eigenvalue weighted by molar-refractivity contribution is 9.10. The predicted molar refractivity (Wildman–Crippen MR) is 67.7 cm³/mol. The number of amides is 1. The fourth-order valence-corrected chi connectivity index (χ4v) is 2.09. The molecular formula is C12H13BrN2O. The molecule has 1 aliphatic heterocycles. The average molecular weight is 281 g/mol. The van der Waals surface area contributed by atoms with Gasteiger partial charge in [-0.3, -0.25) is 4.79 Å². The van der Waals surface area contributed by atoms with Gasteiger partial charge in [-0.15, -0.1) is 0 Å². The molecule has 1 heterocycles. The summed E-state index contributed by atoms with van der Waals surface area (Å²) in [6.45, 7) is 0.603. The molecule has 1 aromatic rings. The summed E-state index contributed by atoms with van der Waals surface area (Å²) in [6, 6.07) is 6.01. The van der Waals surface area contributed by atoms with Crippen LogP contribution in [-0.4, -0.2) is 24.9 Å². The molecule has 1 aromatic carbocycles. The van der Waals surface area contributed by atoms with Gasteiger partial charge in [0.2, 0.25) is 0 Å². The Morgan fingerprint density at radius 1 is 1.44 bits per heavy atom. The number of carbonyl (C=O) groups is 1. The number of hydrogen-bond donors (Lipinski definition) is 1. The fraction of sp³-hybridized carbons (Fsp3) is 0.250. The van der Waals surface area contributed by atoms with Crippen molar-refractivity contribution >= 4 is 27.4 Å². The van der Waals surface area contributed by atoms with Crippen molar-refractivity contribution in [3.8, 4) is 0 Å². The lowest BCUT2D eigenvalue weighted by atomic mass is 9.96. The summed E-state index contributed by atoms with van der Waals surface area (Å²) in [6.07, 6.45) is 1.85. The van der Waals surface area contributed by atoms with Crippen LogP contribution in [0.3, 0.4) is 0 Å². The van der Waals surface area contributed by atoms with Crippen LogP contribution in [0, 0.1) is 0 Å². The molecule has 0 saturated heterocycles. The minimum Gasteiger partial charge on any atom is -0.383 e. The largest absolute Gasteiger partial charge is 0.383 e. The number of benzene rings is 1. The Hall–Kier alpha value is -1.29. The highest BCUT2D eigenvalue weighted by Crippen LogP contribution is 2.27. The summed E-state index contributed by atoms with van der Waals surface area (Å²) < 4.78 is 0.991. The molecule has 84 valence electrons. The molecule has 0 atom stereocenters. The van der Waals surface area contributed by atoms with Crippen LogP contribution in [0.25, 0.3) is 5.57 Å². The first-order valence-corrected chi connectivity index (χ1v) is 5.82. The Morgan fingerprint density at radius 3 is 2.88 bits per heavy atom. The Morgan fingerprint density at radius 2 is 2.19 bits per heavy atom. The maximum absolute atomic E-state index is 11.8. The third kappa shape index (κ3) is 2.11. The number of rotatable bonds is 1. The average Bonchev–Trinajstić information content (AvgIpc) is 2.22. The van der Waals surface area contributed by atoms with Crippen LogP contribution in [0.2, 0.25) is 0 Å². The van der Waals surface area contributed by atoms with E-state index < -0.39 is 0 Å². The highest BCUT2D eigenvalue weighted by atomic mass is 79.9. The van der Waals surface area contributed by atoms with Crippen LogP contribution in [-0.2, 0) is 11.3 Å². The van der Waals surface area contributed by atoms with E-state index >= 15 is 0 Å². The van der Waals surface area contributed by atoms with Gasteiger partial charge in [0.1, 0.15) is 0 Å². The van der Waals surface area contributed by atoms with Gasteiger partial charge in [0.25, 0.3) is 5.91 Å².